The number of rotatable bonds is 3. The topological polar surface area (TPSA) is 151 Å². The normalized spacial score (nSPS) is 10.5. The van der Waals surface area contributed by atoms with E-state index in [9.17, 15) is 4.79 Å². The number of pyridine rings is 3. The molecule has 0 spiro atoms. The van der Waals surface area contributed by atoms with Gasteiger partial charge in [0.2, 0.25) is 0 Å². The number of nitrogens with zero attached hydrogens (tertiary/aromatic N) is 5. The van der Waals surface area contributed by atoms with Crippen LogP contribution in [0, 0.1) is 5.41 Å². The fourth-order valence-electron chi connectivity index (χ4n) is 4.04. The van der Waals surface area contributed by atoms with Crippen LogP contribution in [0.2, 0.25) is 10.3 Å². The number of carbonyl (C=O) groups excluding carboxylic acids is 1. The summed E-state index contributed by atoms with van der Waals surface area (Å²) in [7, 11) is -3.11. The summed E-state index contributed by atoms with van der Waals surface area (Å²) in [6, 6.07) is 21.1. The van der Waals surface area contributed by atoms with Crippen LogP contribution in [0.15, 0.2) is 79.1 Å². The van der Waals surface area contributed by atoms with E-state index in [4.69, 9.17) is 41.6 Å². The molecule has 0 aliphatic heterocycles. The van der Waals surface area contributed by atoms with E-state index in [-0.39, 0.29) is 41.9 Å². The number of fused-ring (bicyclic) bond motifs is 1. The Morgan fingerprint density at radius 3 is 1.91 bits per heavy atom. The van der Waals surface area contributed by atoms with E-state index in [2.05, 4.69) is 78.2 Å². The number of imidazole rings is 1. The summed E-state index contributed by atoms with van der Waals surface area (Å²) >= 11 is 11.7. The average Bonchev–Trinajstić information content (AvgIpc) is 3.35. The number of carbonyl (C=O) groups is 1. The Morgan fingerprint density at radius 1 is 0.848 bits per heavy atom. The number of aromatic nitrogens is 5. The number of benzene rings is 1. The van der Waals surface area contributed by atoms with Crippen molar-refractivity contribution < 1.29 is 48.4 Å². The van der Waals surface area contributed by atoms with Crippen LogP contribution in [0.5, 0.6) is 0 Å². The summed E-state index contributed by atoms with van der Waals surface area (Å²) in [5.41, 5.74) is 10.3. The van der Waals surface area contributed by atoms with E-state index < -0.39 is 10.6 Å². The number of anilines is 1. The first-order valence-electron chi connectivity index (χ1n) is 13.7. The standard InChI is InChI=1S/C16H16ClN3.C10H15ClN2.C6H5NO.Na.O3S.H/c1-16(2,3)20-12-9-10-13(17)18-14(12)19-15(20)11-7-5-4-6-8-11;1-10(2,3)6-7-4-5-8(11)13-9(7)12;8-5-6-2-1-3-7-4-6;;1-4(2)3;/h4-10H,1-3H3;4-5H,6H2,1-3H3,(H2,12,13);1-5H;;;/q;;;+1;;-1. The van der Waals surface area contributed by atoms with Gasteiger partial charge in [0.05, 0.1) is 5.52 Å². The Morgan fingerprint density at radius 2 is 1.43 bits per heavy atom. The zero-order valence-electron chi connectivity index (χ0n) is 27.9. The molecule has 2 N–H and O–H groups in total. The van der Waals surface area contributed by atoms with Crippen molar-refractivity contribution in [1.29, 1.82) is 0 Å². The largest absolute Gasteiger partial charge is 1.00 e. The molecule has 0 bridgehead atoms. The third-order valence-electron chi connectivity index (χ3n) is 5.71. The molecule has 0 saturated heterocycles. The number of aldehydes is 1. The van der Waals surface area contributed by atoms with Crippen molar-refractivity contribution in [1.82, 2.24) is 24.5 Å². The monoisotopic (exact) mass is 694 g/mol. The van der Waals surface area contributed by atoms with Gasteiger partial charge in [-0.25, -0.2) is 15.0 Å². The fourth-order valence-corrected chi connectivity index (χ4v) is 4.34. The quantitative estimate of drug-likeness (QED) is 0.164. The molecule has 0 unspecified atom stereocenters. The molecule has 46 heavy (non-hydrogen) atoms. The first-order chi connectivity index (χ1) is 21.0. The van der Waals surface area contributed by atoms with Gasteiger partial charge in [0.25, 0.3) is 0 Å². The predicted octanol–water partition coefficient (Wildman–Crippen LogP) is 4.42. The van der Waals surface area contributed by atoms with Gasteiger partial charge in [-0.15, -0.1) is 12.6 Å². The summed E-state index contributed by atoms with van der Waals surface area (Å²) < 4.78 is 27.5. The van der Waals surface area contributed by atoms with Gasteiger partial charge in [-0.1, -0.05) is 80.4 Å². The van der Waals surface area contributed by atoms with Crippen LogP contribution < -0.4 is 35.3 Å². The third kappa shape index (κ3) is 14.1. The maximum atomic E-state index is 9.97. The maximum absolute atomic E-state index is 9.97. The Kier molecular flexibility index (Phi) is 16.7. The molecule has 5 rings (SSSR count). The van der Waals surface area contributed by atoms with Crippen LogP contribution in [0.25, 0.3) is 22.6 Å². The van der Waals surface area contributed by atoms with E-state index in [0.29, 0.717) is 27.3 Å². The Bertz CT molecular complexity index is 1810. The van der Waals surface area contributed by atoms with Crippen LogP contribution in [0.1, 0.15) is 58.9 Å². The summed E-state index contributed by atoms with van der Waals surface area (Å²) in [5, 5.41) is 0.922. The van der Waals surface area contributed by atoms with Crippen LogP contribution in [0.4, 0.5) is 5.82 Å². The number of nitrogen functional groups attached to an aromatic ring is 1. The second kappa shape index (κ2) is 18.8. The third-order valence-corrected chi connectivity index (χ3v) is 6.13. The number of halogens is 2. The van der Waals surface area contributed by atoms with E-state index in [1.807, 2.05) is 36.4 Å². The molecule has 240 valence electrons. The Balaban J connectivity index is 0.000000677. The van der Waals surface area contributed by atoms with E-state index in [1.54, 1.807) is 24.4 Å². The summed E-state index contributed by atoms with van der Waals surface area (Å²) in [6.45, 7) is 13.0. The SMILES string of the molecule is CC(C)(C)Cc1ccc(Cl)nc1N.CC(C)(C)n1c(-c2ccccc2)nc2nc(Cl)ccc21.O=Cc1cccnc1.O=S(=O)=O.[H-].[Na+]. The first-order valence-corrected chi connectivity index (χ1v) is 15.4. The van der Waals surface area contributed by atoms with E-state index >= 15 is 0 Å². The zero-order valence-corrected chi connectivity index (χ0v) is 31.2. The Hall–Kier alpha value is -3.19. The number of nitrogens with two attached hydrogens (primary N) is 1. The average molecular weight is 696 g/mol. The van der Waals surface area contributed by atoms with Gasteiger partial charge >= 0.3 is 40.2 Å². The molecule has 0 radical (unpaired) electrons. The van der Waals surface area contributed by atoms with Gasteiger partial charge in [-0.05, 0) is 68.5 Å². The van der Waals surface area contributed by atoms with Crippen molar-refractivity contribution >= 4 is 57.1 Å². The number of hydrogen-bond donors (Lipinski definition) is 1. The molecule has 14 heteroatoms. The Labute approximate surface area is 304 Å². The van der Waals surface area contributed by atoms with Crippen LogP contribution in [-0.2, 0) is 22.6 Å². The molecule has 0 fully saturated rings. The van der Waals surface area contributed by atoms with Crippen LogP contribution >= 0.6 is 23.2 Å². The van der Waals surface area contributed by atoms with Crippen LogP contribution in [0.3, 0.4) is 0 Å². The van der Waals surface area contributed by atoms with Gasteiger partial charge < -0.3 is 11.7 Å². The van der Waals surface area contributed by atoms with Crippen molar-refractivity contribution in [3.63, 3.8) is 0 Å². The number of hydrogen-bond acceptors (Lipinski definition) is 9. The zero-order chi connectivity index (χ0) is 33.8. The van der Waals surface area contributed by atoms with Gasteiger partial charge in [0, 0.05) is 29.1 Å². The molecular weight excluding hydrogens is 658 g/mol. The fraction of sp³-hybridized carbons (Fsp3) is 0.281. The molecule has 4 aromatic heterocycles. The minimum atomic E-state index is -3.11. The van der Waals surface area contributed by atoms with Gasteiger partial charge in [-0.3, -0.25) is 9.78 Å². The molecule has 0 amide bonds. The molecule has 0 aliphatic rings. The first kappa shape index (κ1) is 40.8. The van der Waals surface area contributed by atoms with Crippen molar-refractivity contribution in [2.45, 2.75) is 53.5 Å². The molecular formula is C32H37Cl2N6NaO4S. The van der Waals surface area contributed by atoms with Gasteiger partial charge in [-0.2, -0.15) is 0 Å². The molecule has 5 aromatic rings. The minimum Gasteiger partial charge on any atom is -1.00 e. The summed E-state index contributed by atoms with van der Waals surface area (Å²) in [5.74, 6) is 1.46. The molecule has 10 nitrogen and oxygen atoms in total. The second-order valence-electron chi connectivity index (χ2n) is 11.8. The van der Waals surface area contributed by atoms with E-state index in [1.165, 1.54) is 6.20 Å². The van der Waals surface area contributed by atoms with Gasteiger partial charge in [0.15, 0.2) is 11.9 Å². The summed E-state index contributed by atoms with van der Waals surface area (Å²) in [4.78, 5) is 26.7. The second-order valence-corrected chi connectivity index (χ2v) is 13.0. The summed E-state index contributed by atoms with van der Waals surface area (Å²) in [6.07, 6.45) is 4.84. The van der Waals surface area contributed by atoms with Crippen molar-refractivity contribution in [3.05, 3.63) is 101 Å². The minimum absolute atomic E-state index is 0. The maximum Gasteiger partial charge on any atom is 1.00 e. The van der Waals surface area contributed by atoms with Crippen molar-refractivity contribution in [2.75, 3.05) is 5.73 Å². The molecule has 1 aromatic carbocycles. The van der Waals surface area contributed by atoms with Gasteiger partial charge in [0.1, 0.15) is 21.9 Å². The van der Waals surface area contributed by atoms with Crippen molar-refractivity contribution in [3.8, 4) is 11.4 Å². The molecule has 0 aliphatic carbocycles. The van der Waals surface area contributed by atoms with Crippen LogP contribution in [-0.4, -0.2) is 43.4 Å². The van der Waals surface area contributed by atoms with E-state index in [0.717, 1.165) is 35.2 Å². The molecule has 0 atom stereocenters. The van der Waals surface area contributed by atoms with Crippen molar-refractivity contribution in [2.24, 2.45) is 5.41 Å². The molecule has 0 saturated carbocycles. The predicted molar refractivity (Wildman–Crippen MR) is 180 cm³/mol. The smallest absolute Gasteiger partial charge is 1.00 e. The molecule has 4 heterocycles.